The molecule has 1 aliphatic carbocycles. The highest BCUT2D eigenvalue weighted by Gasteiger charge is 2.32. The molecule has 6 nitrogen and oxygen atoms in total. The first-order chi connectivity index (χ1) is 12.0. The number of carbonyl (C=O) groups is 4. The lowest BCUT2D eigenvalue weighted by Crippen LogP contribution is -2.46. The highest BCUT2D eigenvalue weighted by atomic mass is 32.2. The first kappa shape index (κ1) is 22.7. The second-order valence-electron chi connectivity index (χ2n) is 7.77. The molecule has 1 fully saturated rings. The lowest BCUT2D eigenvalue weighted by Gasteiger charge is -2.31. The number of carbonyl (C=O) groups excluding carboxylic acids is 4. The topological polar surface area (TPSA) is 80.8 Å². The molecule has 0 aromatic carbocycles. The van der Waals surface area contributed by atoms with Crippen LogP contribution in [0.3, 0.4) is 0 Å². The smallest absolute Gasteiger partial charge is 0.326 e. The standard InChI is InChI=1S/C19H31NO5S/c1-6-15(21)18(24)26-12-13(2)17(23)20(14-9-7-8-10-14)11-16(22)25-19(3,4)5/h13-14H,6-12H2,1-5H3. The molecule has 0 N–H and O–H groups in total. The van der Waals surface area contributed by atoms with E-state index < -0.39 is 28.4 Å². The fourth-order valence-electron chi connectivity index (χ4n) is 2.90. The molecule has 0 aromatic heterocycles. The fourth-order valence-corrected chi connectivity index (χ4v) is 3.74. The van der Waals surface area contributed by atoms with Gasteiger partial charge < -0.3 is 9.64 Å². The van der Waals surface area contributed by atoms with Gasteiger partial charge in [-0.2, -0.15) is 0 Å². The maximum Gasteiger partial charge on any atom is 0.326 e. The van der Waals surface area contributed by atoms with Crippen LogP contribution in [-0.4, -0.2) is 51.6 Å². The van der Waals surface area contributed by atoms with Gasteiger partial charge in [0.05, 0.1) is 0 Å². The zero-order valence-corrected chi connectivity index (χ0v) is 17.3. The first-order valence-electron chi connectivity index (χ1n) is 9.27. The summed E-state index contributed by atoms with van der Waals surface area (Å²) >= 11 is 0.882. The van der Waals surface area contributed by atoms with Crippen LogP contribution in [0.15, 0.2) is 0 Å². The molecule has 1 amide bonds. The molecule has 26 heavy (non-hydrogen) atoms. The van der Waals surface area contributed by atoms with Crippen molar-refractivity contribution >= 4 is 34.5 Å². The molecule has 0 radical (unpaired) electrons. The minimum absolute atomic E-state index is 0.0374. The fraction of sp³-hybridized carbons (Fsp3) is 0.789. The number of rotatable bonds is 8. The van der Waals surface area contributed by atoms with Crippen LogP contribution in [0.1, 0.15) is 66.7 Å². The zero-order chi connectivity index (χ0) is 19.9. The van der Waals surface area contributed by atoms with Crippen molar-refractivity contribution in [2.24, 2.45) is 5.92 Å². The van der Waals surface area contributed by atoms with Crippen molar-refractivity contribution in [3.63, 3.8) is 0 Å². The van der Waals surface area contributed by atoms with Gasteiger partial charge in [-0.1, -0.05) is 38.5 Å². The Hall–Kier alpha value is -1.37. The zero-order valence-electron chi connectivity index (χ0n) is 16.5. The molecule has 0 aromatic rings. The molecule has 0 aliphatic heterocycles. The molecular weight excluding hydrogens is 354 g/mol. The van der Waals surface area contributed by atoms with Crippen molar-refractivity contribution in [2.75, 3.05) is 12.3 Å². The lowest BCUT2D eigenvalue weighted by atomic mass is 10.1. The van der Waals surface area contributed by atoms with Crippen LogP contribution in [0, 0.1) is 5.92 Å². The normalized spacial score (nSPS) is 16.2. The van der Waals surface area contributed by atoms with Gasteiger partial charge in [-0.15, -0.1) is 0 Å². The molecule has 1 aliphatic rings. The van der Waals surface area contributed by atoms with Crippen LogP contribution < -0.4 is 0 Å². The number of esters is 1. The van der Waals surface area contributed by atoms with Crippen molar-refractivity contribution in [2.45, 2.75) is 78.4 Å². The number of nitrogens with zero attached hydrogens (tertiary/aromatic N) is 1. The van der Waals surface area contributed by atoms with Crippen molar-refractivity contribution in [3.8, 4) is 0 Å². The van der Waals surface area contributed by atoms with Crippen LogP contribution in [0.25, 0.3) is 0 Å². The van der Waals surface area contributed by atoms with Gasteiger partial charge in [0.25, 0.3) is 5.12 Å². The van der Waals surface area contributed by atoms with Gasteiger partial charge in [0.2, 0.25) is 11.7 Å². The van der Waals surface area contributed by atoms with Gasteiger partial charge in [0.1, 0.15) is 12.1 Å². The predicted octanol–water partition coefficient (Wildman–Crippen LogP) is 2.97. The summed E-state index contributed by atoms with van der Waals surface area (Å²) in [5.74, 6) is -1.23. The van der Waals surface area contributed by atoms with Gasteiger partial charge >= 0.3 is 5.97 Å². The van der Waals surface area contributed by atoms with Crippen LogP contribution in [-0.2, 0) is 23.9 Å². The number of amides is 1. The van der Waals surface area contributed by atoms with E-state index in [4.69, 9.17) is 4.74 Å². The van der Waals surface area contributed by atoms with E-state index >= 15 is 0 Å². The van der Waals surface area contributed by atoms with Gasteiger partial charge in [-0.3, -0.25) is 19.2 Å². The molecular formula is C19H31NO5S. The van der Waals surface area contributed by atoms with Crippen LogP contribution in [0.2, 0.25) is 0 Å². The van der Waals surface area contributed by atoms with E-state index in [0.29, 0.717) is 0 Å². The number of hydrogen-bond donors (Lipinski definition) is 0. The molecule has 7 heteroatoms. The van der Waals surface area contributed by atoms with Crippen molar-refractivity contribution in [3.05, 3.63) is 0 Å². The van der Waals surface area contributed by atoms with Crippen LogP contribution >= 0.6 is 11.8 Å². The van der Waals surface area contributed by atoms with Crippen molar-refractivity contribution in [1.82, 2.24) is 4.90 Å². The number of ketones is 1. The number of Topliss-reactive ketones (excluding diaryl/α,β-unsaturated/α-hetero) is 1. The van der Waals surface area contributed by atoms with Gasteiger partial charge in [-0.25, -0.2) is 0 Å². The monoisotopic (exact) mass is 385 g/mol. The van der Waals surface area contributed by atoms with Crippen molar-refractivity contribution < 1.29 is 23.9 Å². The van der Waals surface area contributed by atoms with Gasteiger partial charge in [0.15, 0.2) is 0 Å². The molecule has 0 bridgehead atoms. The highest BCUT2D eigenvalue weighted by Crippen LogP contribution is 2.26. The summed E-state index contributed by atoms with van der Waals surface area (Å²) in [5.41, 5.74) is -0.601. The third kappa shape index (κ3) is 7.48. The summed E-state index contributed by atoms with van der Waals surface area (Å²) in [6.07, 6.45) is 4.00. The van der Waals surface area contributed by atoms with E-state index in [9.17, 15) is 19.2 Å². The molecule has 0 spiro atoms. The van der Waals surface area contributed by atoms with E-state index in [0.717, 1.165) is 37.4 Å². The average molecular weight is 386 g/mol. The minimum atomic E-state index is -0.601. The minimum Gasteiger partial charge on any atom is -0.459 e. The van der Waals surface area contributed by atoms with E-state index in [-0.39, 0.29) is 30.7 Å². The van der Waals surface area contributed by atoms with Gasteiger partial charge in [-0.05, 0) is 33.6 Å². The number of ether oxygens (including phenoxy) is 1. The Labute approximate surface area is 160 Å². The quantitative estimate of drug-likeness (QED) is 0.472. The van der Waals surface area contributed by atoms with E-state index in [1.165, 1.54) is 0 Å². The summed E-state index contributed by atoms with van der Waals surface area (Å²) in [6.45, 7) is 8.68. The number of hydrogen-bond acceptors (Lipinski definition) is 6. The molecule has 148 valence electrons. The maximum atomic E-state index is 12.9. The maximum absolute atomic E-state index is 12.9. The Morgan fingerprint density at radius 1 is 1.15 bits per heavy atom. The highest BCUT2D eigenvalue weighted by molar-refractivity contribution is 8.15. The number of thioether (sulfide) groups is 1. The predicted molar refractivity (Wildman–Crippen MR) is 102 cm³/mol. The molecule has 0 saturated heterocycles. The van der Waals surface area contributed by atoms with E-state index in [1.807, 2.05) is 0 Å². The van der Waals surface area contributed by atoms with E-state index in [2.05, 4.69) is 0 Å². The first-order valence-corrected chi connectivity index (χ1v) is 10.3. The molecule has 0 heterocycles. The second-order valence-corrected chi connectivity index (χ2v) is 8.76. The third-order valence-corrected chi connectivity index (χ3v) is 5.36. The van der Waals surface area contributed by atoms with Crippen LogP contribution in [0.4, 0.5) is 0 Å². The summed E-state index contributed by atoms with van der Waals surface area (Å²) in [7, 11) is 0. The SMILES string of the molecule is CCC(=O)C(=O)SCC(C)C(=O)N(CC(=O)OC(C)(C)C)C1CCCC1. The van der Waals surface area contributed by atoms with Crippen molar-refractivity contribution in [1.29, 1.82) is 0 Å². The summed E-state index contributed by atoms with van der Waals surface area (Å²) in [6, 6.07) is 0.0374. The summed E-state index contributed by atoms with van der Waals surface area (Å²) in [4.78, 5) is 49.8. The Morgan fingerprint density at radius 3 is 2.23 bits per heavy atom. The van der Waals surface area contributed by atoms with E-state index in [1.54, 1.807) is 39.5 Å². The van der Waals surface area contributed by atoms with Gasteiger partial charge in [0, 0.05) is 24.1 Å². The largest absolute Gasteiger partial charge is 0.459 e. The van der Waals surface area contributed by atoms with Crippen LogP contribution in [0.5, 0.6) is 0 Å². The Kier molecular flexibility index (Phi) is 8.80. The third-order valence-electron chi connectivity index (χ3n) is 4.20. The Bertz CT molecular complexity index is 535. The summed E-state index contributed by atoms with van der Waals surface area (Å²) in [5, 5.41) is -0.508. The average Bonchev–Trinajstić information content (AvgIpc) is 3.08. The molecule has 1 rings (SSSR count). The molecule has 1 saturated carbocycles. The Morgan fingerprint density at radius 2 is 1.73 bits per heavy atom. The summed E-state index contributed by atoms with van der Waals surface area (Å²) < 4.78 is 5.37. The lowest BCUT2D eigenvalue weighted by molar-refractivity contribution is -0.160. The second kappa shape index (κ2) is 10.1. The molecule has 1 atom stereocenters. The molecule has 1 unspecified atom stereocenters. The Balaban J connectivity index is 2.72.